The number of likely N-dealkylation sites (N-methyl/N-ethyl adjacent to an activating group) is 1. The molecule has 3 rings (SSSR count). The van der Waals surface area contributed by atoms with Crippen molar-refractivity contribution in [3.63, 3.8) is 0 Å². The van der Waals surface area contributed by atoms with Crippen molar-refractivity contribution >= 4 is 23.8 Å². The number of rotatable bonds is 8. The number of hydrogen-bond donors (Lipinski definition) is 0. The number of hydrogen-bond acceptors (Lipinski definition) is 5. The minimum Gasteiger partial charge on any atom is -0.494 e. The lowest BCUT2D eigenvalue weighted by atomic mass is 10.2. The first-order valence-corrected chi connectivity index (χ1v) is 9.57. The van der Waals surface area contributed by atoms with Gasteiger partial charge >= 0.3 is 17.8 Å². The standard InChI is InChI=1S/C22H23N3O5/c1-3-30-18-11-9-17(10-12-18)13-23(2)19(26)15-25-21(28)20(27)24(22(25)29)14-16-7-5-4-6-8-16/h4-12H,3,13-15H2,1-2H3. The fraction of sp³-hybridized carbons (Fsp3) is 0.273. The molecule has 2 aromatic carbocycles. The number of urea groups is 1. The van der Waals surface area contributed by atoms with Crippen LogP contribution in [0.2, 0.25) is 0 Å². The minimum atomic E-state index is -0.987. The molecular formula is C22H23N3O5. The third kappa shape index (κ3) is 4.65. The van der Waals surface area contributed by atoms with Crippen LogP contribution in [0.5, 0.6) is 5.75 Å². The van der Waals surface area contributed by atoms with Gasteiger partial charge in [-0.25, -0.2) is 9.69 Å². The zero-order valence-electron chi connectivity index (χ0n) is 16.9. The Hall–Kier alpha value is -3.68. The maximum Gasteiger partial charge on any atom is 0.335 e. The van der Waals surface area contributed by atoms with Crippen molar-refractivity contribution in [3.8, 4) is 5.75 Å². The van der Waals surface area contributed by atoms with Crippen molar-refractivity contribution in [2.75, 3.05) is 20.2 Å². The number of carbonyl (C=O) groups is 4. The molecule has 1 saturated heterocycles. The molecule has 30 heavy (non-hydrogen) atoms. The topological polar surface area (TPSA) is 87.2 Å². The number of carbonyl (C=O) groups excluding carboxylic acids is 4. The zero-order valence-corrected chi connectivity index (χ0v) is 16.9. The molecule has 0 unspecified atom stereocenters. The smallest absolute Gasteiger partial charge is 0.335 e. The fourth-order valence-electron chi connectivity index (χ4n) is 3.07. The van der Waals surface area contributed by atoms with Gasteiger partial charge in [0, 0.05) is 13.6 Å². The number of ether oxygens (including phenoxy) is 1. The fourth-order valence-corrected chi connectivity index (χ4v) is 3.07. The van der Waals surface area contributed by atoms with Crippen LogP contribution in [-0.4, -0.2) is 58.7 Å². The van der Waals surface area contributed by atoms with Gasteiger partial charge in [0.2, 0.25) is 5.91 Å². The van der Waals surface area contributed by atoms with Crippen molar-refractivity contribution in [1.82, 2.24) is 14.7 Å². The first-order chi connectivity index (χ1) is 14.4. The molecule has 1 heterocycles. The summed E-state index contributed by atoms with van der Waals surface area (Å²) >= 11 is 0. The molecular weight excluding hydrogens is 386 g/mol. The second-order valence-corrected chi connectivity index (χ2v) is 6.88. The number of imide groups is 2. The molecule has 156 valence electrons. The lowest BCUT2D eigenvalue weighted by Crippen LogP contribution is -2.41. The van der Waals surface area contributed by atoms with E-state index in [2.05, 4.69) is 0 Å². The highest BCUT2D eigenvalue weighted by Crippen LogP contribution is 2.17. The van der Waals surface area contributed by atoms with Gasteiger partial charge in [0.1, 0.15) is 12.3 Å². The van der Waals surface area contributed by atoms with Crippen molar-refractivity contribution in [2.24, 2.45) is 0 Å². The van der Waals surface area contributed by atoms with Crippen molar-refractivity contribution in [2.45, 2.75) is 20.0 Å². The molecule has 0 aliphatic carbocycles. The van der Waals surface area contributed by atoms with Crippen LogP contribution < -0.4 is 4.74 Å². The normalized spacial score (nSPS) is 13.7. The molecule has 5 amide bonds. The van der Waals surface area contributed by atoms with Gasteiger partial charge < -0.3 is 9.64 Å². The van der Waals surface area contributed by atoms with E-state index in [1.54, 1.807) is 31.3 Å². The summed E-state index contributed by atoms with van der Waals surface area (Å²) in [5, 5.41) is 0. The predicted molar refractivity (Wildman–Crippen MR) is 108 cm³/mol. The summed E-state index contributed by atoms with van der Waals surface area (Å²) in [4.78, 5) is 52.6. The Labute approximate surface area is 174 Å². The van der Waals surface area contributed by atoms with E-state index >= 15 is 0 Å². The molecule has 1 fully saturated rings. The Morgan fingerprint density at radius 1 is 0.900 bits per heavy atom. The molecule has 0 atom stereocenters. The van der Waals surface area contributed by atoms with Gasteiger partial charge in [-0.3, -0.25) is 19.3 Å². The monoisotopic (exact) mass is 409 g/mol. The highest BCUT2D eigenvalue weighted by Gasteiger charge is 2.45. The van der Waals surface area contributed by atoms with E-state index in [4.69, 9.17) is 4.74 Å². The third-order valence-electron chi connectivity index (χ3n) is 4.69. The summed E-state index contributed by atoms with van der Waals surface area (Å²) in [7, 11) is 1.58. The molecule has 8 heteroatoms. The zero-order chi connectivity index (χ0) is 21.7. The van der Waals surface area contributed by atoms with Crippen molar-refractivity contribution in [3.05, 3.63) is 65.7 Å². The second-order valence-electron chi connectivity index (χ2n) is 6.88. The Morgan fingerprint density at radius 3 is 2.17 bits per heavy atom. The van der Waals surface area contributed by atoms with Crippen molar-refractivity contribution < 1.29 is 23.9 Å². The van der Waals surface area contributed by atoms with Gasteiger partial charge in [-0.2, -0.15) is 0 Å². The quantitative estimate of drug-likeness (QED) is 0.492. The van der Waals surface area contributed by atoms with E-state index in [-0.39, 0.29) is 6.54 Å². The van der Waals surface area contributed by atoms with E-state index < -0.39 is 30.3 Å². The average Bonchev–Trinajstić information content (AvgIpc) is 2.94. The summed E-state index contributed by atoms with van der Waals surface area (Å²) in [5.41, 5.74) is 1.59. The summed E-state index contributed by atoms with van der Waals surface area (Å²) in [6.45, 7) is 2.25. The van der Waals surface area contributed by atoms with Crippen LogP contribution in [0, 0.1) is 0 Å². The van der Waals surface area contributed by atoms with Gasteiger partial charge in [-0.15, -0.1) is 0 Å². The van der Waals surface area contributed by atoms with E-state index in [1.807, 2.05) is 37.3 Å². The van der Waals surface area contributed by atoms with Crippen LogP contribution >= 0.6 is 0 Å². The van der Waals surface area contributed by atoms with Crippen LogP contribution in [0.3, 0.4) is 0 Å². The first kappa shape index (κ1) is 21.0. The maximum atomic E-state index is 12.6. The summed E-state index contributed by atoms with van der Waals surface area (Å²) in [5.74, 6) is -1.62. The molecule has 0 saturated carbocycles. The Balaban J connectivity index is 1.61. The SMILES string of the molecule is CCOc1ccc(CN(C)C(=O)CN2C(=O)C(=O)N(Cc3ccccc3)C2=O)cc1. The molecule has 1 aliphatic heterocycles. The summed E-state index contributed by atoms with van der Waals surface area (Å²) in [6, 6.07) is 15.4. The van der Waals surface area contributed by atoms with Crippen LogP contribution in [-0.2, 0) is 27.5 Å². The first-order valence-electron chi connectivity index (χ1n) is 9.57. The molecule has 0 spiro atoms. The molecule has 0 aromatic heterocycles. The lowest BCUT2D eigenvalue weighted by Gasteiger charge is -2.21. The second kappa shape index (κ2) is 9.21. The highest BCUT2D eigenvalue weighted by molar-refractivity contribution is 6.44. The van der Waals surface area contributed by atoms with Crippen LogP contribution in [0.4, 0.5) is 4.79 Å². The molecule has 0 radical (unpaired) electrons. The lowest BCUT2D eigenvalue weighted by molar-refractivity contribution is -0.145. The van der Waals surface area contributed by atoms with Gasteiger partial charge in [-0.1, -0.05) is 42.5 Å². The van der Waals surface area contributed by atoms with E-state index in [9.17, 15) is 19.2 Å². The van der Waals surface area contributed by atoms with Crippen molar-refractivity contribution in [1.29, 1.82) is 0 Å². The van der Waals surface area contributed by atoms with E-state index in [1.165, 1.54) is 4.90 Å². The third-order valence-corrected chi connectivity index (χ3v) is 4.69. The molecule has 0 N–H and O–H groups in total. The van der Waals surface area contributed by atoms with Gasteiger partial charge in [0.05, 0.1) is 13.2 Å². The molecule has 0 bridgehead atoms. The largest absolute Gasteiger partial charge is 0.494 e. The van der Waals surface area contributed by atoms with Gasteiger partial charge in [-0.05, 0) is 30.2 Å². The number of amides is 5. The van der Waals surface area contributed by atoms with E-state index in [0.717, 1.165) is 16.2 Å². The minimum absolute atomic E-state index is 0.0169. The summed E-state index contributed by atoms with van der Waals surface area (Å²) < 4.78 is 5.39. The average molecular weight is 409 g/mol. The number of benzene rings is 2. The van der Waals surface area contributed by atoms with E-state index in [0.29, 0.717) is 23.6 Å². The Kier molecular flexibility index (Phi) is 6.46. The number of nitrogens with zero attached hydrogens (tertiary/aromatic N) is 3. The van der Waals surface area contributed by atoms with Gasteiger partial charge in [0.25, 0.3) is 0 Å². The van der Waals surface area contributed by atoms with Crippen LogP contribution in [0.1, 0.15) is 18.1 Å². The van der Waals surface area contributed by atoms with Crippen LogP contribution in [0.25, 0.3) is 0 Å². The Bertz CT molecular complexity index is 943. The van der Waals surface area contributed by atoms with Crippen LogP contribution in [0.15, 0.2) is 54.6 Å². The Morgan fingerprint density at radius 2 is 1.53 bits per heavy atom. The van der Waals surface area contributed by atoms with Gasteiger partial charge in [0.15, 0.2) is 0 Å². The highest BCUT2D eigenvalue weighted by atomic mass is 16.5. The molecule has 1 aliphatic rings. The molecule has 8 nitrogen and oxygen atoms in total. The molecule has 2 aromatic rings. The maximum absolute atomic E-state index is 12.6. The summed E-state index contributed by atoms with van der Waals surface area (Å²) in [6.07, 6.45) is 0. The predicted octanol–water partition coefficient (Wildman–Crippen LogP) is 2.03.